The van der Waals surface area contributed by atoms with Crippen LogP contribution in [0.1, 0.15) is 6.42 Å². The number of hydrogen-bond acceptors (Lipinski definition) is 5. The summed E-state index contributed by atoms with van der Waals surface area (Å²) in [4.78, 5) is 24.4. The van der Waals surface area contributed by atoms with Gasteiger partial charge in [-0.2, -0.15) is 0 Å². The number of carbonyl (C=O) groups is 2. The third-order valence-electron chi connectivity index (χ3n) is 2.87. The average molecular weight is 294 g/mol. The highest BCUT2D eigenvalue weighted by molar-refractivity contribution is 5.79. The van der Waals surface area contributed by atoms with E-state index in [2.05, 4.69) is 5.32 Å². The van der Waals surface area contributed by atoms with Gasteiger partial charge in [-0.05, 0) is 12.1 Å². The van der Waals surface area contributed by atoms with Crippen LogP contribution in [0.4, 0.5) is 0 Å². The maximum absolute atomic E-state index is 11.6. The summed E-state index contributed by atoms with van der Waals surface area (Å²) < 4.78 is 15.8. The number of rotatable bonds is 6. The molecule has 21 heavy (non-hydrogen) atoms. The SMILES string of the molecule is CN(C)C(=O)CCNC(=O)COc1ccc2c(c1)OCO2. The first kappa shape index (κ1) is 15.0. The van der Waals surface area contributed by atoms with Crippen molar-refractivity contribution in [3.63, 3.8) is 0 Å². The third-order valence-corrected chi connectivity index (χ3v) is 2.87. The first-order valence-corrected chi connectivity index (χ1v) is 6.55. The van der Waals surface area contributed by atoms with Crippen molar-refractivity contribution in [2.24, 2.45) is 0 Å². The lowest BCUT2D eigenvalue weighted by atomic mass is 10.3. The second-order valence-electron chi connectivity index (χ2n) is 4.69. The minimum absolute atomic E-state index is 0.0352. The first-order chi connectivity index (χ1) is 10.1. The van der Waals surface area contributed by atoms with Crippen molar-refractivity contribution in [2.45, 2.75) is 6.42 Å². The maximum Gasteiger partial charge on any atom is 0.257 e. The molecule has 7 heteroatoms. The van der Waals surface area contributed by atoms with Crippen molar-refractivity contribution in [3.05, 3.63) is 18.2 Å². The second kappa shape index (κ2) is 6.83. The molecule has 0 spiro atoms. The number of fused-ring (bicyclic) bond motifs is 1. The molecule has 0 atom stereocenters. The van der Waals surface area contributed by atoms with Crippen LogP contribution in [0.5, 0.6) is 17.2 Å². The summed E-state index contributed by atoms with van der Waals surface area (Å²) in [6.07, 6.45) is 0.267. The number of hydrogen-bond donors (Lipinski definition) is 1. The van der Waals surface area contributed by atoms with Gasteiger partial charge in [-0.1, -0.05) is 0 Å². The molecule has 0 aliphatic carbocycles. The summed E-state index contributed by atoms with van der Waals surface area (Å²) in [5.74, 6) is 1.48. The van der Waals surface area contributed by atoms with Crippen LogP contribution in [0.2, 0.25) is 0 Å². The maximum atomic E-state index is 11.6. The molecule has 1 heterocycles. The molecule has 114 valence electrons. The number of benzene rings is 1. The molecule has 1 aliphatic heterocycles. The van der Waals surface area contributed by atoms with Gasteiger partial charge in [0.05, 0.1) is 0 Å². The fourth-order valence-electron chi connectivity index (χ4n) is 1.70. The molecule has 0 saturated heterocycles. The topological polar surface area (TPSA) is 77.1 Å². The minimum Gasteiger partial charge on any atom is -0.484 e. The average Bonchev–Trinajstić information content (AvgIpc) is 2.92. The summed E-state index contributed by atoms with van der Waals surface area (Å²) in [5.41, 5.74) is 0. The molecule has 2 rings (SSSR count). The Morgan fingerprint density at radius 1 is 1.29 bits per heavy atom. The molecule has 2 amide bonds. The first-order valence-electron chi connectivity index (χ1n) is 6.55. The van der Waals surface area contributed by atoms with Gasteiger partial charge in [0.25, 0.3) is 5.91 Å². The Kier molecular flexibility index (Phi) is 4.86. The fourth-order valence-corrected chi connectivity index (χ4v) is 1.70. The normalized spacial score (nSPS) is 11.9. The highest BCUT2D eigenvalue weighted by Gasteiger charge is 2.14. The van der Waals surface area contributed by atoms with Crippen molar-refractivity contribution in [1.29, 1.82) is 0 Å². The number of carbonyl (C=O) groups excluding carboxylic acids is 2. The van der Waals surface area contributed by atoms with Crippen LogP contribution in [-0.2, 0) is 9.59 Å². The number of ether oxygens (including phenoxy) is 3. The Bertz CT molecular complexity index is 530. The summed E-state index contributed by atoms with van der Waals surface area (Å²) in [7, 11) is 3.35. The fraction of sp³-hybridized carbons (Fsp3) is 0.429. The highest BCUT2D eigenvalue weighted by Crippen LogP contribution is 2.34. The van der Waals surface area contributed by atoms with Crippen molar-refractivity contribution in [3.8, 4) is 17.2 Å². The van der Waals surface area contributed by atoms with Crippen LogP contribution in [0.25, 0.3) is 0 Å². The van der Waals surface area contributed by atoms with Gasteiger partial charge in [0, 0.05) is 33.1 Å². The van der Waals surface area contributed by atoms with E-state index >= 15 is 0 Å². The Balaban J connectivity index is 1.70. The zero-order chi connectivity index (χ0) is 15.2. The summed E-state index contributed by atoms with van der Waals surface area (Å²) in [5, 5.41) is 2.62. The van der Waals surface area contributed by atoms with Crippen LogP contribution < -0.4 is 19.5 Å². The van der Waals surface area contributed by atoms with E-state index in [9.17, 15) is 9.59 Å². The standard InChI is InChI=1S/C14H18N2O5/c1-16(2)14(18)5-6-15-13(17)8-19-10-3-4-11-12(7-10)21-9-20-11/h3-4,7H,5-6,8-9H2,1-2H3,(H,15,17). The molecular weight excluding hydrogens is 276 g/mol. The smallest absolute Gasteiger partial charge is 0.257 e. The van der Waals surface area contributed by atoms with Crippen LogP contribution in [-0.4, -0.2) is 50.8 Å². The minimum atomic E-state index is -0.278. The van der Waals surface area contributed by atoms with Crippen molar-refractivity contribution in [1.82, 2.24) is 10.2 Å². The Morgan fingerprint density at radius 3 is 2.81 bits per heavy atom. The monoisotopic (exact) mass is 294 g/mol. The van der Waals surface area contributed by atoms with Gasteiger partial charge in [0.1, 0.15) is 5.75 Å². The number of nitrogens with zero attached hydrogens (tertiary/aromatic N) is 1. The van der Waals surface area contributed by atoms with E-state index in [1.54, 1.807) is 32.3 Å². The summed E-state index contributed by atoms with van der Waals surface area (Å²) in [6.45, 7) is 0.370. The van der Waals surface area contributed by atoms with Gasteiger partial charge in [-0.3, -0.25) is 9.59 Å². The van der Waals surface area contributed by atoms with Gasteiger partial charge in [-0.25, -0.2) is 0 Å². The highest BCUT2D eigenvalue weighted by atomic mass is 16.7. The predicted octanol–water partition coefficient (Wildman–Crippen LogP) is 0.389. The Labute approximate surface area is 122 Å². The molecule has 0 bridgehead atoms. The molecule has 0 unspecified atom stereocenters. The van der Waals surface area contributed by atoms with Gasteiger partial charge >= 0.3 is 0 Å². The lowest BCUT2D eigenvalue weighted by Crippen LogP contribution is -2.33. The molecule has 1 aromatic rings. The number of nitrogens with one attached hydrogen (secondary N) is 1. The van der Waals surface area contributed by atoms with Crippen LogP contribution >= 0.6 is 0 Å². The van der Waals surface area contributed by atoms with Gasteiger partial charge in [0.15, 0.2) is 18.1 Å². The van der Waals surface area contributed by atoms with Gasteiger partial charge < -0.3 is 24.4 Å². The Morgan fingerprint density at radius 2 is 2.05 bits per heavy atom. The molecular formula is C14H18N2O5. The van der Waals surface area contributed by atoms with Crippen LogP contribution in [0, 0.1) is 0 Å². The van der Waals surface area contributed by atoms with Crippen molar-refractivity contribution >= 4 is 11.8 Å². The lowest BCUT2D eigenvalue weighted by molar-refractivity contribution is -0.128. The molecule has 0 fully saturated rings. The molecule has 7 nitrogen and oxygen atoms in total. The predicted molar refractivity (Wildman–Crippen MR) is 74.4 cm³/mol. The van der Waals surface area contributed by atoms with E-state index in [0.717, 1.165) is 0 Å². The lowest BCUT2D eigenvalue weighted by Gasteiger charge is -2.11. The van der Waals surface area contributed by atoms with E-state index in [1.165, 1.54) is 4.90 Å². The van der Waals surface area contributed by atoms with Crippen molar-refractivity contribution in [2.75, 3.05) is 34.0 Å². The zero-order valence-corrected chi connectivity index (χ0v) is 12.0. The molecule has 1 aliphatic rings. The van der Waals surface area contributed by atoms with E-state index in [4.69, 9.17) is 14.2 Å². The van der Waals surface area contributed by atoms with Gasteiger partial charge in [-0.15, -0.1) is 0 Å². The molecule has 1 N–H and O–H groups in total. The van der Waals surface area contributed by atoms with E-state index in [-0.39, 0.29) is 31.6 Å². The van der Waals surface area contributed by atoms with Crippen LogP contribution in [0.3, 0.4) is 0 Å². The van der Waals surface area contributed by atoms with E-state index in [1.807, 2.05) is 0 Å². The summed E-state index contributed by atoms with van der Waals surface area (Å²) in [6, 6.07) is 5.10. The largest absolute Gasteiger partial charge is 0.484 e. The van der Waals surface area contributed by atoms with E-state index in [0.29, 0.717) is 23.8 Å². The molecule has 0 aromatic heterocycles. The van der Waals surface area contributed by atoms with Gasteiger partial charge in [0.2, 0.25) is 12.7 Å². The van der Waals surface area contributed by atoms with E-state index < -0.39 is 0 Å². The Hall–Kier alpha value is -2.44. The van der Waals surface area contributed by atoms with Crippen molar-refractivity contribution < 1.29 is 23.8 Å². The number of amides is 2. The molecule has 0 radical (unpaired) electrons. The quantitative estimate of drug-likeness (QED) is 0.821. The second-order valence-corrected chi connectivity index (χ2v) is 4.69. The summed E-state index contributed by atoms with van der Waals surface area (Å²) >= 11 is 0. The molecule has 0 saturated carbocycles. The molecule has 1 aromatic carbocycles. The third kappa shape index (κ3) is 4.27. The zero-order valence-electron chi connectivity index (χ0n) is 12.0. The van der Waals surface area contributed by atoms with Crippen LogP contribution in [0.15, 0.2) is 18.2 Å².